The molecule has 0 aliphatic heterocycles. The van der Waals surface area contributed by atoms with Crippen LogP contribution in [0, 0.1) is 0 Å². The number of hydrogen-bond acceptors (Lipinski definition) is 6. The van der Waals surface area contributed by atoms with Gasteiger partial charge in [-0.3, -0.25) is 0 Å². The Morgan fingerprint density at radius 2 is 2.17 bits per heavy atom. The number of aromatic nitrogens is 4. The van der Waals surface area contributed by atoms with Crippen LogP contribution in [-0.2, 0) is 0 Å². The van der Waals surface area contributed by atoms with E-state index in [1.54, 1.807) is 6.33 Å². The summed E-state index contributed by atoms with van der Waals surface area (Å²) < 4.78 is 0. The Morgan fingerprint density at radius 3 is 3.00 bits per heavy atom. The van der Waals surface area contributed by atoms with E-state index in [-0.39, 0.29) is 0 Å². The van der Waals surface area contributed by atoms with Crippen LogP contribution in [0.5, 0.6) is 0 Å². The van der Waals surface area contributed by atoms with Crippen LogP contribution in [0.3, 0.4) is 0 Å². The average Bonchev–Trinajstić information content (AvgIpc) is 3.33. The number of nitrogens with two attached hydrogens (primary N) is 1. The molecule has 1 aliphatic rings. The maximum absolute atomic E-state index is 5.58. The van der Waals surface area contributed by atoms with Crippen LogP contribution >= 0.6 is 0 Å². The lowest BCUT2D eigenvalue weighted by atomic mass is 10.2. The van der Waals surface area contributed by atoms with Crippen LogP contribution in [0.4, 0.5) is 17.5 Å². The monoisotopic (exact) mass is 323 g/mol. The van der Waals surface area contributed by atoms with Gasteiger partial charge in [0.25, 0.3) is 0 Å². The first-order valence-corrected chi connectivity index (χ1v) is 8.34. The third-order valence-corrected chi connectivity index (χ3v) is 4.18. The fraction of sp³-hybridized carbons (Fsp3) is 0.353. The van der Waals surface area contributed by atoms with E-state index < -0.39 is 0 Å². The lowest BCUT2D eigenvalue weighted by Gasteiger charge is -2.12. The second kappa shape index (κ2) is 6.45. The molecule has 1 fully saturated rings. The first-order chi connectivity index (χ1) is 11.8. The van der Waals surface area contributed by atoms with Crippen LogP contribution in [0.25, 0.3) is 11.0 Å². The first kappa shape index (κ1) is 14.9. The van der Waals surface area contributed by atoms with Crippen molar-refractivity contribution in [2.24, 2.45) is 5.73 Å². The van der Waals surface area contributed by atoms with Gasteiger partial charge in [-0.15, -0.1) is 0 Å². The molecular weight excluding hydrogens is 302 g/mol. The summed E-state index contributed by atoms with van der Waals surface area (Å²) in [5.41, 5.74) is 9.64. The van der Waals surface area contributed by atoms with Crippen molar-refractivity contribution in [3.63, 3.8) is 0 Å². The minimum Gasteiger partial charge on any atom is -0.370 e. The fourth-order valence-electron chi connectivity index (χ4n) is 2.74. The molecule has 0 amide bonds. The van der Waals surface area contributed by atoms with Crippen LogP contribution in [0.2, 0.25) is 0 Å². The molecule has 0 atom stereocenters. The van der Waals surface area contributed by atoms with Gasteiger partial charge in [0.15, 0.2) is 0 Å². The van der Waals surface area contributed by atoms with Crippen molar-refractivity contribution in [3.8, 4) is 0 Å². The number of anilines is 3. The maximum atomic E-state index is 5.58. The highest BCUT2D eigenvalue weighted by molar-refractivity contribution is 5.79. The lowest BCUT2D eigenvalue weighted by Crippen LogP contribution is -2.12. The lowest BCUT2D eigenvalue weighted by molar-refractivity contribution is 0.865. The smallest absolute Gasteiger partial charge is 0.229 e. The summed E-state index contributed by atoms with van der Waals surface area (Å²) in [6.07, 6.45) is 6.99. The van der Waals surface area contributed by atoms with Crippen molar-refractivity contribution >= 4 is 28.5 Å². The Morgan fingerprint density at radius 1 is 1.25 bits per heavy atom. The minimum absolute atomic E-state index is 0.591. The van der Waals surface area contributed by atoms with E-state index in [0.717, 1.165) is 35.5 Å². The molecule has 2 heterocycles. The highest BCUT2D eigenvalue weighted by Crippen LogP contribution is 2.42. The zero-order valence-corrected chi connectivity index (χ0v) is 13.4. The fourth-order valence-corrected chi connectivity index (χ4v) is 2.74. The van der Waals surface area contributed by atoms with E-state index in [4.69, 9.17) is 5.73 Å². The number of benzene rings is 1. The third-order valence-electron chi connectivity index (χ3n) is 4.18. The first-order valence-electron chi connectivity index (χ1n) is 8.34. The number of nitrogens with one attached hydrogen (secondary N) is 3. The number of hydrogen-bond donors (Lipinski definition) is 4. The largest absolute Gasteiger partial charge is 0.370 e. The molecule has 0 saturated heterocycles. The Labute approximate surface area is 140 Å². The number of imidazole rings is 1. The van der Waals surface area contributed by atoms with E-state index in [1.165, 1.54) is 18.4 Å². The molecule has 4 rings (SSSR count). The molecule has 0 bridgehead atoms. The molecular formula is C17H21N7. The van der Waals surface area contributed by atoms with Crippen molar-refractivity contribution in [1.29, 1.82) is 0 Å². The molecule has 24 heavy (non-hydrogen) atoms. The van der Waals surface area contributed by atoms with Gasteiger partial charge in [-0.2, -0.15) is 4.98 Å². The third kappa shape index (κ3) is 3.16. The summed E-state index contributed by atoms with van der Waals surface area (Å²) in [5.74, 6) is 2.11. The zero-order valence-electron chi connectivity index (χ0n) is 13.4. The van der Waals surface area contributed by atoms with Crippen molar-refractivity contribution in [1.82, 2.24) is 19.9 Å². The van der Waals surface area contributed by atoms with Gasteiger partial charge >= 0.3 is 0 Å². The van der Waals surface area contributed by atoms with Gasteiger partial charge in [0, 0.05) is 24.0 Å². The molecule has 3 aromatic rings. The molecule has 7 heteroatoms. The predicted octanol–water partition coefficient (Wildman–Crippen LogP) is 2.73. The second-order valence-electron chi connectivity index (χ2n) is 6.10. The van der Waals surface area contributed by atoms with E-state index in [0.29, 0.717) is 18.4 Å². The van der Waals surface area contributed by atoms with Gasteiger partial charge in [0.1, 0.15) is 5.82 Å². The van der Waals surface area contributed by atoms with Crippen molar-refractivity contribution in [3.05, 3.63) is 36.3 Å². The van der Waals surface area contributed by atoms with Crippen molar-refractivity contribution < 1.29 is 0 Å². The molecule has 1 saturated carbocycles. The number of H-pyrrole nitrogens is 1. The van der Waals surface area contributed by atoms with Crippen LogP contribution in [-0.4, -0.2) is 33.0 Å². The summed E-state index contributed by atoms with van der Waals surface area (Å²) in [5, 5.41) is 6.67. The summed E-state index contributed by atoms with van der Waals surface area (Å²) in [6.45, 7) is 1.50. The summed E-state index contributed by atoms with van der Waals surface area (Å²) in [6, 6.07) is 5.94. The van der Waals surface area contributed by atoms with Gasteiger partial charge in [0.05, 0.1) is 17.4 Å². The van der Waals surface area contributed by atoms with E-state index in [1.807, 2.05) is 24.4 Å². The van der Waals surface area contributed by atoms with E-state index in [9.17, 15) is 0 Å². The minimum atomic E-state index is 0.591. The van der Waals surface area contributed by atoms with Crippen LogP contribution < -0.4 is 16.4 Å². The van der Waals surface area contributed by atoms with Crippen molar-refractivity contribution in [2.45, 2.75) is 25.2 Å². The van der Waals surface area contributed by atoms with Gasteiger partial charge in [-0.05, 0) is 49.9 Å². The zero-order chi connectivity index (χ0) is 16.4. The summed E-state index contributed by atoms with van der Waals surface area (Å²) in [7, 11) is 0. The van der Waals surface area contributed by atoms with Gasteiger partial charge in [0.2, 0.25) is 5.95 Å². The molecule has 2 aromatic heterocycles. The molecule has 5 N–H and O–H groups in total. The van der Waals surface area contributed by atoms with Crippen molar-refractivity contribution in [2.75, 3.05) is 23.7 Å². The highest BCUT2D eigenvalue weighted by Gasteiger charge is 2.27. The second-order valence-corrected chi connectivity index (χ2v) is 6.10. The molecule has 1 aromatic carbocycles. The molecule has 1 aliphatic carbocycles. The molecule has 0 spiro atoms. The van der Waals surface area contributed by atoms with Gasteiger partial charge < -0.3 is 21.4 Å². The molecule has 0 unspecified atom stereocenters. The summed E-state index contributed by atoms with van der Waals surface area (Å²) in [4.78, 5) is 16.5. The molecule has 124 valence electrons. The Hall–Kier alpha value is -2.67. The SMILES string of the molecule is NCCCNc1nc(Nc2ccc3nc[nH]c3c2)ncc1C1CC1. The Balaban J connectivity index is 1.56. The highest BCUT2D eigenvalue weighted by atomic mass is 15.1. The Bertz CT molecular complexity index is 838. The molecule has 0 radical (unpaired) electrons. The normalized spacial score (nSPS) is 14.0. The van der Waals surface area contributed by atoms with Crippen LogP contribution in [0.1, 0.15) is 30.7 Å². The van der Waals surface area contributed by atoms with E-state index in [2.05, 4.69) is 30.6 Å². The predicted molar refractivity (Wildman–Crippen MR) is 95.5 cm³/mol. The van der Waals surface area contributed by atoms with Crippen LogP contribution in [0.15, 0.2) is 30.7 Å². The number of fused-ring (bicyclic) bond motifs is 1. The van der Waals surface area contributed by atoms with Gasteiger partial charge in [-0.25, -0.2) is 9.97 Å². The van der Waals surface area contributed by atoms with Gasteiger partial charge in [-0.1, -0.05) is 0 Å². The summed E-state index contributed by atoms with van der Waals surface area (Å²) >= 11 is 0. The topological polar surface area (TPSA) is 105 Å². The van der Waals surface area contributed by atoms with E-state index >= 15 is 0 Å². The standard InChI is InChI=1S/C17H21N7/c18-6-1-7-19-16-13(11-2-3-11)9-20-17(24-16)23-12-4-5-14-15(8-12)22-10-21-14/h4-5,8-11H,1-3,6-7,18H2,(H,21,22)(H2,19,20,23,24). The number of aromatic amines is 1. The number of rotatable bonds is 7. The molecule has 7 nitrogen and oxygen atoms in total. The maximum Gasteiger partial charge on any atom is 0.229 e. The quantitative estimate of drug-likeness (QED) is 0.498. The number of nitrogens with zero attached hydrogens (tertiary/aromatic N) is 3. The average molecular weight is 323 g/mol. The Kier molecular flexibility index (Phi) is 4.00.